The predicted molar refractivity (Wildman–Crippen MR) is 77.6 cm³/mol. The molecule has 0 aliphatic heterocycles. The SMILES string of the molecule is Cc1ccc(C(CN)NCC(C)C2CC2)cc1C. The van der Waals surface area contributed by atoms with E-state index in [1.807, 2.05) is 0 Å². The zero-order valence-electron chi connectivity index (χ0n) is 11.9. The van der Waals surface area contributed by atoms with E-state index >= 15 is 0 Å². The molecule has 2 heteroatoms. The third kappa shape index (κ3) is 3.33. The smallest absolute Gasteiger partial charge is 0.0444 e. The van der Waals surface area contributed by atoms with Crippen molar-refractivity contribution in [3.63, 3.8) is 0 Å². The Morgan fingerprint density at radius 2 is 2.00 bits per heavy atom. The van der Waals surface area contributed by atoms with Crippen molar-refractivity contribution in [2.24, 2.45) is 17.6 Å². The van der Waals surface area contributed by atoms with Gasteiger partial charge in [0.05, 0.1) is 0 Å². The zero-order chi connectivity index (χ0) is 13.1. The molecule has 0 radical (unpaired) electrons. The van der Waals surface area contributed by atoms with Crippen LogP contribution in [0, 0.1) is 25.7 Å². The molecule has 2 atom stereocenters. The highest BCUT2D eigenvalue weighted by molar-refractivity contribution is 5.31. The first kappa shape index (κ1) is 13.6. The fourth-order valence-corrected chi connectivity index (χ4v) is 2.48. The molecule has 1 aromatic carbocycles. The van der Waals surface area contributed by atoms with Gasteiger partial charge in [-0.1, -0.05) is 25.1 Å². The maximum Gasteiger partial charge on any atom is 0.0444 e. The van der Waals surface area contributed by atoms with Crippen LogP contribution in [-0.4, -0.2) is 13.1 Å². The van der Waals surface area contributed by atoms with Gasteiger partial charge in [0.2, 0.25) is 0 Å². The third-order valence-electron chi connectivity index (χ3n) is 4.28. The van der Waals surface area contributed by atoms with Gasteiger partial charge in [-0.15, -0.1) is 0 Å². The topological polar surface area (TPSA) is 38.0 Å². The Hall–Kier alpha value is -0.860. The minimum atomic E-state index is 0.297. The average molecular weight is 246 g/mol. The molecular formula is C16H26N2. The first-order valence-electron chi connectivity index (χ1n) is 7.12. The van der Waals surface area contributed by atoms with Gasteiger partial charge in [0.1, 0.15) is 0 Å². The molecule has 0 spiro atoms. The lowest BCUT2D eigenvalue weighted by Crippen LogP contribution is -2.32. The number of hydrogen-bond donors (Lipinski definition) is 2. The summed E-state index contributed by atoms with van der Waals surface area (Å²) in [5.74, 6) is 1.74. The van der Waals surface area contributed by atoms with Crippen LogP contribution < -0.4 is 11.1 Å². The van der Waals surface area contributed by atoms with Crippen molar-refractivity contribution in [2.75, 3.05) is 13.1 Å². The van der Waals surface area contributed by atoms with Crippen molar-refractivity contribution in [3.8, 4) is 0 Å². The van der Waals surface area contributed by atoms with E-state index in [-0.39, 0.29) is 0 Å². The normalized spacial score (nSPS) is 18.7. The van der Waals surface area contributed by atoms with Crippen molar-refractivity contribution in [1.29, 1.82) is 0 Å². The minimum absolute atomic E-state index is 0.297. The van der Waals surface area contributed by atoms with E-state index in [9.17, 15) is 0 Å². The highest BCUT2D eigenvalue weighted by Crippen LogP contribution is 2.36. The summed E-state index contributed by atoms with van der Waals surface area (Å²) in [7, 11) is 0. The van der Waals surface area contributed by atoms with E-state index < -0.39 is 0 Å². The molecule has 2 nitrogen and oxygen atoms in total. The highest BCUT2D eigenvalue weighted by Gasteiger charge is 2.27. The van der Waals surface area contributed by atoms with Gasteiger partial charge in [0.25, 0.3) is 0 Å². The molecule has 1 aromatic rings. The molecule has 0 aromatic heterocycles. The van der Waals surface area contributed by atoms with E-state index in [1.165, 1.54) is 29.5 Å². The molecule has 2 rings (SSSR count). The first-order chi connectivity index (χ1) is 8.61. The lowest BCUT2D eigenvalue weighted by Gasteiger charge is -2.21. The van der Waals surface area contributed by atoms with Crippen molar-refractivity contribution in [1.82, 2.24) is 5.32 Å². The van der Waals surface area contributed by atoms with Gasteiger partial charge >= 0.3 is 0 Å². The minimum Gasteiger partial charge on any atom is -0.329 e. The van der Waals surface area contributed by atoms with Crippen molar-refractivity contribution >= 4 is 0 Å². The van der Waals surface area contributed by atoms with Crippen LogP contribution in [0.4, 0.5) is 0 Å². The van der Waals surface area contributed by atoms with E-state index in [2.05, 4.69) is 44.3 Å². The van der Waals surface area contributed by atoms with Gasteiger partial charge in [0, 0.05) is 12.6 Å². The molecule has 1 fully saturated rings. The number of rotatable bonds is 6. The first-order valence-corrected chi connectivity index (χ1v) is 7.12. The van der Waals surface area contributed by atoms with E-state index in [4.69, 9.17) is 5.73 Å². The lowest BCUT2D eigenvalue weighted by atomic mass is 10.00. The maximum absolute atomic E-state index is 5.91. The Bertz CT molecular complexity index is 396. The summed E-state index contributed by atoms with van der Waals surface area (Å²) in [6.45, 7) is 8.41. The van der Waals surface area contributed by atoms with Crippen LogP contribution in [0.15, 0.2) is 18.2 Å². The van der Waals surface area contributed by atoms with Gasteiger partial charge < -0.3 is 11.1 Å². The van der Waals surface area contributed by atoms with Gasteiger partial charge in [-0.3, -0.25) is 0 Å². The number of nitrogens with one attached hydrogen (secondary N) is 1. The summed E-state index contributed by atoms with van der Waals surface area (Å²) in [5.41, 5.74) is 9.93. The number of nitrogens with two attached hydrogens (primary N) is 1. The summed E-state index contributed by atoms with van der Waals surface area (Å²) in [5, 5.41) is 3.63. The summed E-state index contributed by atoms with van der Waals surface area (Å²) >= 11 is 0. The van der Waals surface area contributed by atoms with Gasteiger partial charge in [-0.05, 0) is 61.8 Å². The summed E-state index contributed by atoms with van der Waals surface area (Å²) < 4.78 is 0. The largest absolute Gasteiger partial charge is 0.329 e. The molecule has 0 heterocycles. The fourth-order valence-electron chi connectivity index (χ4n) is 2.48. The molecule has 100 valence electrons. The Morgan fingerprint density at radius 1 is 1.28 bits per heavy atom. The molecule has 3 N–H and O–H groups in total. The molecule has 0 saturated heterocycles. The Balaban J connectivity index is 1.96. The summed E-state index contributed by atoms with van der Waals surface area (Å²) in [6.07, 6.45) is 2.83. The molecule has 2 unspecified atom stereocenters. The monoisotopic (exact) mass is 246 g/mol. The van der Waals surface area contributed by atoms with Crippen LogP contribution in [0.25, 0.3) is 0 Å². The zero-order valence-corrected chi connectivity index (χ0v) is 11.9. The van der Waals surface area contributed by atoms with E-state index in [0.29, 0.717) is 12.6 Å². The lowest BCUT2D eigenvalue weighted by molar-refractivity contribution is 0.422. The van der Waals surface area contributed by atoms with Crippen LogP contribution in [0.1, 0.15) is 42.5 Å². The number of aryl methyl sites for hydroxylation is 2. The van der Waals surface area contributed by atoms with E-state index in [0.717, 1.165) is 18.4 Å². The molecule has 1 aliphatic carbocycles. The molecule has 18 heavy (non-hydrogen) atoms. The number of hydrogen-bond acceptors (Lipinski definition) is 2. The Kier molecular flexibility index (Phi) is 4.41. The van der Waals surface area contributed by atoms with Crippen LogP contribution >= 0.6 is 0 Å². The average Bonchev–Trinajstić information content (AvgIpc) is 3.18. The second kappa shape index (κ2) is 5.85. The molecule has 1 saturated carbocycles. The van der Waals surface area contributed by atoms with Gasteiger partial charge in [-0.25, -0.2) is 0 Å². The summed E-state index contributed by atoms with van der Waals surface area (Å²) in [6, 6.07) is 6.96. The molecule has 0 amide bonds. The van der Waals surface area contributed by atoms with Crippen LogP contribution in [-0.2, 0) is 0 Å². The van der Waals surface area contributed by atoms with Crippen LogP contribution in [0.2, 0.25) is 0 Å². The Morgan fingerprint density at radius 3 is 2.56 bits per heavy atom. The maximum atomic E-state index is 5.91. The second-order valence-electron chi connectivity index (χ2n) is 5.85. The highest BCUT2D eigenvalue weighted by atomic mass is 14.9. The second-order valence-corrected chi connectivity index (χ2v) is 5.85. The van der Waals surface area contributed by atoms with Crippen LogP contribution in [0.3, 0.4) is 0 Å². The van der Waals surface area contributed by atoms with Crippen molar-refractivity contribution in [2.45, 2.75) is 39.7 Å². The summed E-state index contributed by atoms with van der Waals surface area (Å²) in [4.78, 5) is 0. The predicted octanol–water partition coefficient (Wildman–Crippen LogP) is 2.94. The molecule has 1 aliphatic rings. The van der Waals surface area contributed by atoms with Gasteiger partial charge in [-0.2, -0.15) is 0 Å². The fraction of sp³-hybridized carbons (Fsp3) is 0.625. The quantitative estimate of drug-likeness (QED) is 0.810. The van der Waals surface area contributed by atoms with Gasteiger partial charge in [0.15, 0.2) is 0 Å². The van der Waals surface area contributed by atoms with Crippen molar-refractivity contribution < 1.29 is 0 Å². The third-order valence-corrected chi connectivity index (χ3v) is 4.28. The van der Waals surface area contributed by atoms with E-state index in [1.54, 1.807) is 0 Å². The Labute approximate surface area is 111 Å². The molecule has 0 bridgehead atoms. The van der Waals surface area contributed by atoms with Crippen LogP contribution in [0.5, 0.6) is 0 Å². The van der Waals surface area contributed by atoms with Crippen molar-refractivity contribution in [3.05, 3.63) is 34.9 Å². The number of benzene rings is 1. The molecular weight excluding hydrogens is 220 g/mol. The standard InChI is InChI=1S/C16H26N2/c1-11-4-5-15(8-12(11)2)16(9-17)18-10-13(3)14-6-7-14/h4-5,8,13-14,16,18H,6-7,9-10,17H2,1-3H3.